The topological polar surface area (TPSA) is 58.2 Å². The Hall–Kier alpha value is -0.910. The molecule has 1 aromatic carbocycles. The maximum atomic E-state index is 11.4. The highest BCUT2D eigenvalue weighted by Crippen LogP contribution is 2.29. The zero-order valence-electron chi connectivity index (χ0n) is 13.1. The number of piperidine rings is 1. The summed E-state index contributed by atoms with van der Waals surface area (Å²) in [6, 6.07) is 7.59. The highest BCUT2D eigenvalue weighted by molar-refractivity contribution is 7.90. The number of sulfone groups is 1. The van der Waals surface area contributed by atoms with E-state index in [1.165, 1.54) is 19.1 Å². The minimum Gasteiger partial charge on any atom is -0.312 e. The van der Waals surface area contributed by atoms with E-state index in [2.05, 4.69) is 24.5 Å². The summed E-state index contributed by atoms with van der Waals surface area (Å²) < 4.78 is 22.8. The second-order valence-electron chi connectivity index (χ2n) is 6.65. The average Bonchev–Trinajstić information content (AvgIpc) is 2.40. The number of hydrogen-bond acceptors (Lipinski definition) is 4. The molecule has 4 nitrogen and oxygen atoms in total. The Balaban J connectivity index is 1.86. The number of benzene rings is 1. The summed E-state index contributed by atoms with van der Waals surface area (Å²) in [6.45, 7) is 7.41. The molecule has 0 amide bonds. The lowest BCUT2D eigenvalue weighted by atomic mass is 9.77. The quantitative estimate of drug-likeness (QED) is 0.873. The first-order valence-corrected chi connectivity index (χ1v) is 9.41. The predicted octanol–water partition coefficient (Wildman–Crippen LogP) is 1.96. The van der Waals surface area contributed by atoms with Crippen molar-refractivity contribution in [3.8, 4) is 0 Å². The molecular weight excluding hydrogens is 284 g/mol. The molecule has 1 heterocycles. The summed E-state index contributed by atoms with van der Waals surface area (Å²) in [5, 5.41) is 7.06. The van der Waals surface area contributed by atoms with Crippen molar-refractivity contribution < 1.29 is 8.42 Å². The molecular formula is C16H26N2O2S. The van der Waals surface area contributed by atoms with Crippen LogP contribution in [0.4, 0.5) is 0 Å². The minimum absolute atomic E-state index is 0.325. The Morgan fingerprint density at radius 3 is 2.52 bits per heavy atom. The van der Waals surface area contributed by atoms with Gasteiger partial charge in [0, 0.05) is 25.4 Å². The van der Waals surface area contributed by atoms with E-state index < -0.39 is 9.84 Å². The van der Waals surface area contributed by atoms with Crippen molar-refractivity contribution in [1.82, 2.24) is 10.6 Å². The van der Waals surface area contributed by atoms with E-state index in [-0.39, 0.29) is 0 Å². The summed E-state index contributed by atoms with van der Waals surface area (Å²) in [7, 11) is -3.10. The van der Waals surface area contributed by atoms with Crippen molar-refractivity contribution in [3.63, 3.8) is 0 Å². The molecule has 0 aliphatic carbocycles. The molecule has 1 atom stereocenters. The third-order valence-electron chi connectivity index (χ3n) is 4.36. The molecule has 1 fully saturated rings. The van der Waals surface area contributed by atoms with Crippen LogP contribution in [0.1, 0.15) is 32.3 Å². The lowest BCUT2D eigenvalue weighted by Crippen LogP contribution is -2.51. The Labute approximate surface area is 128 Å². The molecule has 0 bridgehead atoms. The van der Waals surface area contributed by atoms with Crippen molar-refractivity contribution in [2.24, 2.45) is 5.41 Å². The van der Waals surface area contributed by atoms with Crippen LogP contribution in [-0.4, -0.2) is 33.8 Å². The van der Waals surface area contributed by atoms with Gasteiger partial charge >= 0.3 is 0 Å². The zero-order chi connectivity index (χ0) is 15.5. The van der Waals surface area contributed by atoms with Gasteiger partial charge < -0.3 is 10.6 Å². The van der Waals surface area contributed by atoms with E-state index in [9.17, 15) is 8.42 Å². The lowest BCUT2D eigenvalue weighted by Gasteiger charge is -2.39. The maximum Gasteiger partial charge on any atom is 0.175 e. The third-order valence-corrected chi connectivity index (χ3v) is 5.49. The van der Waals surface area contributed by atoms with Crippen LogP contribution in [-0.2, 0) is 16.4 Å². The van der Waals surface area contributed by atoms with E-state index in [1.807, 2.05) is 12.1 Å². The molecule has 1 aliphatic heterocycles. The first-order valence-electron chi connectivity index (χ1n) is 7.52. The fourth-order valence-electron chi connectivity index (χ4n) is 2.83. The number of hydrogen-bond donors (Lipinski definition) is 2. The normalized spacial score (nSPS) is 22.1. The Bertz CT molecular complexity index is 564. The zero-order valence-corrected chi connectivity index (χ0v) is 14.0. The first kappa shape index (κ1) is 16.5. The van der Waals surface area contributed by atoms with Crippen LogP contribution < -0.4 is 10.6 Å². The standard InChI is InChI=1S/C16H26N2O2S/c1-16(2)9-4-10-18-15(16)12-17-11-13-5-7-14(8-6-13)21(3,19)20/h5-8,15,17-18H,4,9-12H2,1-3H3. The highest BCUT2D eigenvalue weighted by atomic mass is 32.2. The Morgan fingerprint density at radius 1 is 1.29 bits per heavy atom. The smallest absolute Gasteiger partial charge is 0.175 e. The van der Waals surface area contributed by atoms with Gasteiger partial charge in [-0.05, 0) is 42.5 Å². The minimum atomic E-state index is -3.10. The summed E-state index contributed by atoms with van der Waals surface area (Å²) in [4.78, 5) is 0.376. The number of nitrogens with one attached hydrogen (secondary N) is 2. The highest BCUT2D eigenvalue weighted by Gasteiger charge is 2.31. The van der Waals surface area contributed by atoms with E-state index in [0.717, 1.165) is 25.2 Å². The largest absolute Gasteiger partial charge is 0.312 e. The van der Waals surface area contributed by atoms with Crippen molar-refractivity contribution in [2.75, 3.05) is 19.3 Å². The van der Waals surface area contributed by atoms with Gasteiger partial charge in [-0.3, -0.25) is 0 Å². The monoisotopic (exact) mass is 310 g/mol. The van der Waals surface area contributed by atoms with E-state index in [1.54, 1.807) is 12.1 Å². The van der Waals surface area contributed by atoms with Gasteiger partial charge in [-0.25, -0.2) is 8.42 Å². The lowest BCUT2D eigenvalue weighted by molar-refractivity contribution is 0.176. The fourth-order valence-corrected chi connectivity index (χ4v) is 3.47. The van der Waals surface area contributed by atoms with E-state index >= 15 is 0 Å². The van der Waals surface area contributed by atoms with Gasteiger partial charge in [0.05, 0.1) is 4.90 Å². The summed E-state index contributed by atoms with van der Waals surface area (Å²) in [5.74, 6) is 0. The predicted molar refractivity (Wildman–Crippen MR) is 86.1 cm³/mol. The van der Waals surface area contributed by atoms with Gasteiger partial charge in [0.25, 0.3) is 0 Å². The van der Waals surface area contributed by atoms with E-state index in [0.29, 0.717) is 16.4 Å². The molecule has 118 valence electrons. The van der Waals surface area contributed by atoms with Crippen molar-refractivity contribution in [3.05, 3.63) is 29.8 Å². The van der Waals surface area contributed by atoms with Gasteiger partial charge in [-0.1, -0.05) is 26.0 Å². The van der Waals surface area contributed by atoms with Crippen LogP contribution in [0.5, 0.6) is 0 Å². The van der Waals surface area contributed by atoms with E-state index in [4.69, 9.17) is 0 Å². The van der Waals surface area contributed by atoms with Crippen LogP contribution in [0.15, 0.2) is 29.2 Å². The molecule has 2 rings (SSSR count). The van der Waals surface area contributed by atoms with Crippen molar-refractivity contribution in [1.29, 1.82) is 0 Å². The van der Waals surface area contributed by atoms with Crippen LogP contribution in [0.2, 0.25) is 0 Å². The molecule has 1 aromatic rings. The molecule has 0 radical (unpaired) electrons. The van der Waals surface area contributed by atoms with Gasteiger partial charge in [-0.15, -0.1) is 0 Å². The van der Waals surface area contributed by atoms with Gasteiger partial charge in [-0.2, -0.15) is 0 Å². The molecule has 0 spiro atoms. The average molecular weight is 310 g/mol. The maximum absolute atomic E-state index is 11.4. The summed E-state index contributed by atoms with van der Waals surface area (Å²) in [5.41, 5.74) is 1.43. The molecule has 1 saturated heterocycles. The second kappa shape index (κ2) is 6.46. The molecule has 1 unspecified atom stereocenters. The van der Waals surface area contributed by atoms with Gasteiger partial charge in [0.1, 0.15) is 0 Å². The molecule has 2 N–H and O–H groups in total. The third kappa shape index (κ3) is 4.53. The second-order valence-corrected chi connectivity index (χ2v) is 8.66. The molecule has 1 aliphatic rings. The van der Waals surface area contributed by atoms with Crippen LogP contribution >= 0.6 is 0 Å². The molecule has 21 heavy (non-hydrogen) atoms. The molecule has 0 saturated carbocycles. The van der Waals surface area contributed by atoms with Crippen LogP contribution in [0.3, 0.4) is 0 Å². The van der Waals surface area contributed by atoms with Crippen LogP contribution in [0.25, 0.3) is 0 Å². The number of rotatable bonds is 5. The van der Waals surface area contributed by atoms with Crippen molar-refractivity contribution in [2.45, 2.75) is 44.2 Å². The molecule has 0 aromatic heterocycles. The van der Waals surface area contributed by atoms with Crippen molar-refractivity contribution >= 4 is 9.84 Å². The Kier molecular flexibility index (Phi) is 5.07. The summed E-state index contributed by atoms with van der Waals surface area (Å²) >= 11 is 0. The fraction of sp³-hybridized carbons (Fsp3) is 0.625. The Morgan fingerprint density at radius 2 is 1.95 bits per heavy atom. The SMILES string of the molecule is CC1(C)CCCNC1CNCc1ccc(S(C)(=O)=O)cc1. The van der Waals surface area contributed by atoms with Crippen LogP contribution in [0, 0.1) is 5.41 Å². The van der Waals surface area contributed by atoms with Gasteiger partial charge in [0.15, 0.2) is 9.84 Å². The van der Waals surface area contributed by atoms with Gasteiger partial charge in [0.2, 0.25) is 0 Å². The molecule has 5 heteroatoms. The first-order chi connectivity index (χ1) is 9.79. The summed E-state index contributed by atoms with van der Waals surface area (Å²) in [6.07, 6.45) is 3.74.